The molecule has 0 aromatic heterocycles. The highest BCUT2D eigenvalue weighted by Crippen LogP contribution is 2.61. The van der Waals surface area contributed by atoms with Crippen molar-refractivity contribution < 1.29 is 35.9 Å². The zero-order valence-electron chi connectivity index (χ0n) is 19.4. The van der Waals surface area contributed by atoms with Crippen LogP contribution >= 0.6 is 11.6 Å². The molecule has 0 spiro atoms. The fraction of sp³-hybridized carbons (Fsp3) is 0.269. The molecule has 2 aliphatic rings. The molecule has 11 heteroatoms. The van der Waals surface area contributed by atoms with Crippen molar-refractivity contribution in [1.82, 2.24) is 0 Å². The summed E-state index contributed by atoms with van der Waals surface area (Å²) in [6.45, 7) is 0.872. The van der Waals surface area contributed by atoms with Crippen LogP contribution in [0.5, 0.6) is 0 Å². The Kier molecular flexibility index (Phi) is 6.24. The smallest absolute Gasteiger partial charge is 0.423 e. The molecule has 37 heavy (non-hydrogen) atoms. The van der Waals surface area contributed by atoms with E-state index in [0.29, 0.717) is 9.87 Å². The average molecular weight is 552 g/mol. The number of hydrogen-bond acceptors (Lipinski definition) is 5. The van der Waals surface area contributed by atoms with Gasteiger partial charge in [-0.3, -0.25) is 9.10 Å². The molecule has 0 N–H and O–H groups in total. The van der Waals surface area contributed by atoms with Gasteiger partial charge in [0.05, 0.1) is 17.2 Å². The van der Waals surface area contributed by atoms with Crippen molar-refractivity contribution in [2.75, 3.05) is 10.9 Å². The number of alkyl halides is 3. The summed E-state index contributed by atoms with van der Waals surface area (Å²) in [7, 11) is -4.57. The Balaban J connectivity index is 1.64. The molecule has 0 radical (unpaired) electrons. The molecule has 3 aromatic carbocycles. The number of halogens is 4. The van der Waals surface area contributed by atoms with E-state index in [1.165, 1.54) is 24.3 Å². The summed E-state index contributed by atoms with van der Waals surface area (Å²) in [6.07, 6.45) is -5.08. The molecular formula is C26H21ClF3NO5S. The Bertz CT molecular complexity index is 1450. The molecule has 3 atom stereocenters. The van der Waals surface area contributed by atoms with Gasteiger partial charge in [-0.15, -0.1) is 0 Å². The van der Waals surface area contributed by atoms with E-state index in [4.69, 9.17) is 21.1 Å². The highest BCUT2D eigenvalue weighted by atomic mass is 35.5. The number of benzene rings is 3. The third-order valence-corrected chi connectivity index (χ3v) is 8.71. The summed E-state index contributed by atoms with van der Waals surface area (Å²) in [4.78, 5) is 13.0. The Labute approximate surface area is 216 Å². The lowest BCUT2D eigenvalue weighted by Crippen LogP contribution is -2.56. The molecule has 0 aliphatic carbocycles. The minimum Gasteiger partial charge on any atom is -0.460 e. The number of fused-ring (bicyclic) bond motifs is 3. The number of esters is 1. The maximum Gasteiger partial charge on any atom is 0.423 e. The number of aryl methyl sites for hydroxylation is 1. The van der Waals surface area contributed by atoms with E-state index in [0.717, 1.165) is 11.6 Å². The molecule has 3 unspecified atom stereocenters. The maximum absolute atomic E-state index is 14.9. The van der Waals surface area contributed by atoms with Gasteiger partial charge in [0, 0.05) is 10.6 Å². The van der Waals surface area contributed by atoms with Gasteiger partial charge in [-0.25, -0.2) is 8.42 Å². The quantitative estimate of drug-likeness (QED) is 0.399. The number of hydrogen-bond donors (Lipinski definition) is 0. The van der Waals surface area contributed by atoms with Crippen LogP contribution in [0.15, 0.2) is 77.7 Å². The molecule has 194 valence electrons. The first-order valence-electron chi connectivity index (χ1n) is 11.3. The van der Waals surface area contributed by atoms with Crippen molar-refractivity contribution in [2.24, 2.45) is 5.92 Å². The largest absolute Gasteiger partial charge is 0.460 e. The topological polar surface area (TPSA) is 72.9 Å². The first-order chi connectivity index (χ1) is 17.5. The van der Waals surface area contributed by atoms with Gasteiger partial charge in [0.1, 0.15) is 18.6 Å². The first kappa shape index (κ1) is 25.6. The average Bonchev–Trinajstić information content (AvgIpc) is 3.38. The summed E-state index contributed by atoms with van der Waals surface area (Å²) >= 11 is 6.06. The number of sulfonamides is 1. The predicted octanol–water partition coefficient (Wildman–Crippen LogP) is 5.37. The van der Waals surface area contributed by atoms with E-state index in [2.05, 4.69) is 0 Å². The van der Waals surface area contributed by atoms with Gasteiger partial charge in [-0.05, 0) is 42.8 Å². The molecule has 0 amide bonds. The summed E-state index contributed by atoms with van der Waals surface area (Å²) in [5.74, 6) is -2.56. The monoisotopic (exact) mass is 551 g/mol. The molecule has 2 heterocycles. The van der Waals surface area contributed by atoms with E-state index < -0.39 is 51.9 Å². The van der Waals surface area contributed by atoms with Crippen molar-refractivity contribution in [3.63, 3.8) is 0 Å². The van der Waals surface area contributed by atoms with Crippen molar-refractivity contribution in [3.8, 4) is 0 Å². The number of carbonyl (C=O) groups is 1. The SMILES string of the molecule is Cc1ccc(S(=O)(=O)N2c3ccc(Cl)cc3C3(C(F)(F)F)OCC(C(=O)OCc4ccccc4)C23)cc1. The van der Waals surface area contributed by atoms with Crippen molar-refractivity contribution in [2.45, 2.75) is 36.2 Å². The van der Waals surface area contributed by atoms with Gasteiger partial charge >= 0.3 is 12.1 Å². The fourth-order valence-electron chi connectivity index (χ4n) is 4.93. The Morgan fingerprint density at radius 2 is 1.78 bits per heavy atom. The van der Waals surface area contributed by atoms with Gasteiger partial charge in [-0.2, -0.15) is 13.2 Å². The third kappa shape index (κ3) is 4.07. The standard InChI is InChI=1S/C26H21ClF3NO5S/c1-16-7-10-19(11-8-16)37(33,34)31-22-12-9-18(27)13-21(22)25(26(28,29)30)23(31)20(15-36-25)24(32)35-14-17-5-3-2-4-6-17/h2-13,20,23H,14-15H2,1H3. The Hall–Kier alpha value is -3.08. The zero-order valence-corrected chi connectivity index (χ0v) is 21.0. The van der Waals surface area contributed by atoms with Crippen LogP contribution < -0.4 is 4.31 Å². The van der Waals surface area contributed by atoms with E-state index >= 15 is 0 Å². The normalized spacial score (nSPS) is 23.0. The number of nitrogens with zero attached hydrogens (tertiary/aromatic N) is 1. The Morgan fingerprint density at radius 3 is 2.43 bits per heavy atom. The van der Waals surface area contributed by atoms with Gasteiger partial charge in [0.2, 0.25) is 5.60 Å². The summed E-state index contributed by atoms with van der Waals surface area (Å²) < 4.78 is 83.8. The van der Waals surface area contributed by atoms with Crippen LogP contribution in [-0.2, 0) is 36.5 Å². The fourth-order valence-corrected chi connectivity index (χ4v) is 6.82. The lowest BCUT2D eigenvalue weighted by atomic mass is 9.85. The second kappa shape index (κ2) is 9.04. The van der Waals surface area contributed by atoms with Gasteiger partial charge in [0.15, 0.2) is 0 Å². The minimum absolute atomic E-state index is 0.0330. The van der Waals surface area contributed by atoms with Crippen LogP contribution in [0, 0.1) is 12.8 Å². The van der Waals surface area contributed by atoms with Crippen LogP contribution in [0.2, 0.25) is 5.02 Å². The predicted molar refractivity (Wildman–Crippen MR) is 129 cm³/mol. The number of ether oxygens (including phenoxy) is 2. The Morgan fingerprint density at radius 1 is 1.11 bits per heavy atom. The lowest BCUT2D eigenvalue weighted by Gasteiger charge is -2.35. The molecule has 6 nitrogen and oxygen atoms in total. The van der Waals surface area contributed by atoms with Crippen LogP contribution in [0.25, 0.3) is 0 Å². The summed E-state index contributed by atoms with van der Waals surface area (Å²) in [6, 6.07) is 15.9. The highest BCUT2D eigenvalue weighted by molar-refractivity contribution is 7.93. The first-order valence-corrected chi connectivity index (χ1v) is 13.1. The van der Waals surface area contributed by atoms with E-state index in [-0.39, 0.29) is 22.2 Å². The molecule has 0 saturated carbocycles. The van der Waals surface area contributed by atoms with E-state index in [9.17, 15) is 26.4 Å². The van der Waals surface area contributed by atoms with E-state index in [1.54, 1.807) is 49.4 Å². The molecule has 3 aromatic rings. The molecule has 0 bridgehead atoms. The summed E-state index contributed by atoms with van der Waals surface area (Å²) in [5.41, 5.74) is -2.44. The summed E-state index contributed by atoms with van der Waals surface area (Å²) in [5, 5.41) is -0.0330. The van der Waals surface area contributed by atoms with Gasteiger partial charge in [-0.1, -0.05) is 59.6 Å². The maximum atomic E-state index is 14.9. The van der Waals surface area contributed by atoms with Crippen molar-refractivity contribution in [3.05, 3.63) is 94.5 Å². The highest BCUT2D eigenvalue weighted by Gasteiger charge is 2.75. The number of rotatable bonds is 5. The molecule has 1 saturated heterocycles. The molecule has 1 fully saturated rings. The number of carbonyl (C=O) groups excluding carboxylic acids is 1. The second-order valence-corrected chi connectivity index (χ2v) is 11.2. The van der Waals surface area contributed by atoms with Crippen LogP contribution in [0.4, 0.5) is 18.9 Å². The molecular weight excluding hydrogens is 531 g/mol. The lowest BCUT2D eigenvalue weighted by molar-refractivity contribution is -0.269. The van der Waals surface area contributed by atoms with Crippen molar-refractivity contribution >= 4 is 33.3 Å². The van der Waals surface area contributed by atoms with Gasteiger partial charge in [0.25, 0.3) is 10.0 Å². The second-order valence-electron chi connectivity index (χ2n) is 8.96. The third-order valence-electron chi connectivity index (χ3n) is 6.66. The van der Waals surface area contributed by atoms with Crippen LogP contribution in [0.1, 0.15) is 16.7 Å². The zero-order chi connectivity index (χ0) is 26.6. The molecule has 5 rings (SSSR count). The molecule has 2 aliphatic heterocycles. The van der Waals surface area contributed by atoms with Crippen molar-refractivity contribution in [1.29, 1.82) is 0 Å². The van der Waals surface area contributed by atoms with Crippen LogP contribution in [-0.4, -0.2) is 33.2 Å². The minimum atomic E-state index is -5.08. The van der Waals surface area contributed by atoms with Crippen LogP contribution in [0.3, 0.4) is 0 Å². The van der Waals surface area contributed by atoms with E-state index in [1.807, 2.05) is 0 Å². The van der Waals surface area contributed by atoms with Gasteiger partial charge < -0.3 is 9.47 Å². The number of anilines is 1.